The summed E-state index contributed by atoms with van der Waals surface area (Å²) in [5, 5.41) is 5.13. The third-order valence-electron chi connectivity index (χ3n) is 6.00. The van der Waals surface area contributed by atoms with Crippen LogP contribution in [0.2, 0.25) is 5.02 Å². The molecule has 1 aromatic carbocycles. The Balaban J connectivity index is 1.32. The van der Waals surface area contributed by atoms with Gasteiger partial charge in [-0.2, -0.15) is 8.75 Å². The normalized spacial score (nSPS) is 11.6. The van der Waals surface area contributed by atoms with Gasteiger partial charge in [0.25, 0.3) is 0 Å². The topological polar surface area (TPSA) is 25.8 Å². The number of aromatic nitrogens is 2. The van der Waals surface area contributed by atoms with Gasteiger partial charge in [0.05, 0.1) is 16.8 Å². The van der Waals surface area contributed by atoms with Crippen molar-refractivity contribution in [3.8, 4) is 20.9 Å². The zero-order valence-electron chi connectivity index (χ0n) is 18.7. The van der Waals surface area contributed by atoms with Crippen molar-refractivity contribution < 1.29 is 0 Å². The zero-order valence-corrected chi connectivity index (χ0v) is 21.9. The molecule has 0 amide bonds. The first-order valence-corrected chi connectivity index (χ1v) is 14.7. The molecule has 32 heavy (non-hydrogen) atoms. The van der Waals surface area contributed by atoms with E-state index < -0.39 is 0 Å². The molecule has 6 heteroatoms. The summed E-state index contributed by atoms with van der Waals surface area (Å²) in [5.74, 6) is 0. The molecular weight excluding hydrogens is 472 g/mol. The number of aryl methyl sites for hydroxylation is 1. The maximum Gasteiger partial charge on any atom is 0.115 e. The number of halogens is 1. The molecule has 4 rings (SSSR count). The van der Waals surface area contributed by atoms with Gasteiger partial charge in [-0.1, -0.05) is 82.4 Å². The molecule has 0 aliphatic rings. The largest absolute Gasteiger partial charge is 0.172 e. The van der Waals surface area contributed by atoms with Crippen LogP contribution in [0.4, 0.5) is 0 Å². The molecular formula is C26H31ClN2S3. The highest BCUT2D eigenvalue weighted by Crippen LogP contribution is 2.42. The molecule has 0 saturated carbocycles. The molecule has 4 aromatic rings. The summed E-state index contributed by atoms with van der Waals surface area (Å²) in [7, 11) is 0. The van der Waals surface area contributed by atoms with Crippen LogP contribution in [0.25, 0.3) is 31.9 Å². The van der Waals surface area contributed by atoms with Crippen molar-refractivity contribution >= 4 is 57.0 Å². The Morgan fingerprint density at radius 1 is 0.812 bits per heavy atom. The van der Waals surface area contributed by atoms with Crippen molar-refractivity contribution in [2.75, 3.05) is 0 Å². The maximum atomic E-state index is 6.74. The quantitative estimate of drug-likeness (QED) is 0.170. The molecule has 3 aromatic heterocycles. The number of nitrogens with zero attached hydrogens (tertiary/aromatic N) is 2. The molecule has 0 radical (unpaired) electrons. The molecule has 0 unspecified atom stereocenters. The lowest BCUT2D eigenvalue weighted by Gasteiger charge is -2.06. The van der Waals surface area contributed by atoms with Gasteiger partial charge >= 0.3 is 0 Å². The Bertz CT molecular complexity index is 1100. The number of unbranched alkanes of at least 4 members (excludes halogenated alkanes) is 9. The molecule has 0 bridgehead atoms. The van der Waals surface area contributed by atoms with E-state index in [-0.39, 0.29) is 0 Å². The van der Waals surface area contributed by atoms with E-state index in [1.807, 2.05) is 0 Å². The lowest BCUT2D eigenvalue weighted by atomic mass is 10.0. The first-order valence-electron chi connectivity index (χ1n) is 11.8. The van der Waals surface area contributed by atoms with Crippen molar-refractivity contribution in [1.82, 2.24) is 8.75 Å². The van der Waals surface area contributed by atoms with E-state index in [0.29, 0.717) is 0 Å². The van der Waals surface area contributed by atoms with Crippen LogP contribution in [0.5, 0.6) is 0 Å². The highest BCUT2D eigenvalue weighted by atomic mass is 35.5. The van der Waals surface area contributed by atoms with E-state index >= 15 is 0 Å². The van der Waals surface area contributed by atoms with Gasteiger partial charge in [0.2, 0.25) is 0 Å². The number of rotatable bonds is 13. The van der Waals surface area contributed by atoms with Crippen LogP contribution >= 0.6 is 46.0 Å². The second kappa shape index (κ2) is 12.3. The summed E-state index contributed by atoms with van der Waals surface area (Å²) >= 11 is 11.5. The zero-order chi connectivity index (χ0) is 22.2. The van der Waals surface area contributed by atoms with Crippen LogP contribution in [0, 0.1) is 0 Å². The summed E-state index contributed by atoms with van der Waals surface area (Å²) < 4.78 is 9.22. The van der Waals surface area contributed by atoms with Crippen LogP contribution < -0.4 is 0 Å². The Hall–Kier alpha value is -1.27. The van der Waals surface area contributed by atoms with Gasteiger partial charge in [0, 0.05) is 20.9 Å². The van der Waals surface area contributed by atoms with Gasteiger partial charge in [0.15, 0.2) is 0 Å². The predicted molar refractivity (Wildman–Crippen MR) is 145 cm³/mol. The molecule has 170 valence electrons. The van der Waals surface area contributed by atoms with Crippen LogP contribution in [0.1, 0.15) is 76.7 Å². The molecule has 0 fully saturated rings. The van der Waals surface area contributed by atoms with E-state index in [1.165, 1.54) is 86.4 Å². The predicted octanol–water partition coefficient (Wildman–Crippen LogP) is 10.3. The van der Waals surface area contributed by atoms with E-state index in [4.69, 9.17) is 11.6 Å². The standard InChI is InChI=1S/C26H31ClN2S3/c1-2-3-4-5-6-7-8-9-10-11-13-19-16-23(31-18-19)20-17-21(27)24(22-14-12-15-30-22)26-25(20)28-32-29-26/h12,14-18H,2-11,13H2,1H3. The molecule has 0 aliphatic heterocycles. The maximum absolute atomic E-state index is 6.74. The highest BCUT2D eigenvalue weighted by molar-refractivity contribution is 7.14. The van der Waals surface area contributed by atoms with Crippen molar-refractivity contribution in [2.45, 2.75) is 77.6 Å². The summed E-state index contributed by atoms with van der Waals surface area (Å²) in [6.45, 7) is 2.28. The van der Waals surface area contributed by atoms with Crippen LogP contribution in [-0.2, 0) is 6.42 Å². The van der Waals surface area contributed by atoms with E-state index in [9.17, 15) is 0 Å². The first kappa shape index (κ1) is 23.9. The summed E-state index contributed by atoms with van der Waals surface area (Å²) in [4.78, 5) is 2.39. The summed E-state index contributed by atoms with van der Waals surface area (Å²) in [6, 6.07) is 8.55. The van der Waals surface area contributed by atoms with Gasteiger partial charge in [-0.25, -0.2) is 0 Å². The molecule has 0 N–H and O–H groups in total. The van der Waals surface area contributed by atoms with Gasteiger partial charge in [-0.05, 0) is 47.4 Å². The number of hydrogen-bond acceptors (Lipinski definition) is 5. The number of fused-ring (bicyclic) bond motifs is 1. The Morgan fingerprint density at radius 3 is 2.25 bits per heavy atom. The average Bonchev–Trinajstić information content (AvgIpc) is 3.56. The highest BCUT2D eigenvalue weighted by Gasteiger charge is 2.19. The number of hydrogen-bond donors (Lipinski definition) is 0. The van der Waals surface area contributed by atoms with E-state index in [2.05, 4.69) is 50.7 Å². The fourth-order valence-electron chi connectivity index (χ4n) is 4.22. The van der Waals surface area contributed by atoms with Crippen LogP contribution in [0.15, 0.2) is 35.0 Å². The lowest BCUT2D eigenvalue weighted by molar-refractivity contribution is 0.556. The van der Waals surface area contributed by atoms with Crippen molar-refractivity contribution in [3.63, 3.8) is 0 Å². The first-order chi connectivity index (χ1) is 15.8. The molecule has 0 saturated heterocycles. The fourth-order valence-corrected chi connectivity index (χ4v) is 6.89. The molecule has 2 nitrogen and oxygen atoms in total. The minimum atomic E-state index is 0.757. The minimum Gasteiger partial charge on any atom is -0.172 e. The second-order valence-electron chi connectivity index (χ2n) is 8.47. The average molecular weight is 503 g/mol. The third-order valence-corrected chi connectivity index (χ3v) is 8.72. The number of thiophene rings is 2. The van der Waals surface area contributed by atoms with Crippen LogP contribution in [0.3, 0.4) is 0 Å². The van der Waals surface area contributed by atoms with Gasteiger partial charge in [0.1, 0.15) is 11.0 Å². The SMILES string of the molecule is CCCCCCCCCCCCc1csc(-c2cc(Cl)c(-c3cccs3)c3nsnc23)c1. The smallest absolute Gasteiger partial charge is 0.115 e. The molecule has 0 spiro atoms. The lowest BCUT2D eigenvalue weighted by Crippen LogP contribution is -1.86. The van der Waals surface area contributed by atoms with E-state index in [1.54, 1.807) is 22.7 Å². The Morgan fingerprint density at radius 2 is 1.53 bits per heavy atom. The van der Waals surface area contributed by atoms with Crippen LogP contribution in [-0.4, -0.2) is 8.75 Å². The Labute approximate surface area is 209 Å². The van der Waals surface area contributed by atoms with Crippen molar-refractivity contribution in [1.29, 1.82) is 0 Å². The summed E-state index contributed by atoms with van der Waals surface area (Å²) in [6.07, 6.45) is 14.9. The fraction of sp³-hybridized carbons (Fsp3) is 0.462. The van der Waals surface area contributed by atoms with Gasteiger partial charge < -0.3 is 0 Å². The number of benzene rings is 1. The molecule has 3 heterocycles. The van der Waals surface area contributed by atoms with Gasteiger partial charge in [-0.3, -0.25) is 0 Å². The molecule has 0 atom stereocenters. The Kier molecular flexibility index (Phi) is 9.15. The minimum absolute atomic E-state index is 0.757. The molecule has 0 aliphatic carbocycles. The summed E-state index contributed by atoms with van der Waals surface area (Å²) in [5.41, 5.74) is 5.44. The van der Waals surface area contributed by atoms with E-state index in [0.717, 1.165) is 38.5 Å². The monoisotopic (exact) mass is 502 g/mol. The van der Waals surface area contributed by atoms with Gasteiger partial charge in [-0.15, -0.1) is 22.7 Å². The van der Waals surface area contributed by atoms with Crippen molar-refractivity contribution in [2.24, 2.45) is 0 Å². The van der Waals surface area contributed by atoms with Crippen molar-refractivity contribution in [3.05, 3.63) is 45.6 Å². The third kappa shape index (κ3) is 5.99. The second-order valence-corrected chi connectivity index (χ2v) is 11.3.